The van der Waals surface area contributed by atoms with Gasteiger partial charge in [0, 0.05) is 47.9 Å². The average molecular weight is 549 g/mol. The topological polar surface area (TPSA) is 110 Å². The molecule has 1 unspecified atom stereocenters. The van der Waals surface area contributed by atoms with Gasteiger partial charge >= 0.3 is 11.9 Å². The van der Waals surface area contributed by atoms with Crippen LogP contribution in [0.5, 0.6) is 0 Å². The van der Waals surface area contributed by atoms with Gasteiger partial charge < -0.3 is 18.6 Å². The van der Waals surface area contributed by atoms with Crippen LogP contribution in [0.2, 0.25) is 5.02 Å². The predicted octanol–water partition coefficient (Wildman–Crippen LogP) is 4.39. The summed E-state index contributed by atoms with van der Waals surface area (Å²) in [5.74, 6) is -0.870. The van der Waals surface area contributed by atoms with Crippen molar-refractivity contribution in [1.82, 2.24) is 19.1 Å². The summed E-state index contributed by atoms with van der Waals surface area (Å²) in [4.78, 5) is 24.8. The molecule has 0 bridgehead atoms. The molecule has 3 aromatic rings. The second kappa shape index (κ2) is 10.3. The zero-order chi connectivity index (χ0) is 27.2. The second-order valence-corrected chi connectivity index (χ2v) is 12.6. The van der Waals surface area contributed by atoms with E-state index >= 15 is 0 Å². The van der Waals surface area contributed by atoms with Crippen LogP contribution in [0.4, 0.5) is 0 Å². The third-order valence-electron chi connectivity index (χ3n) is 6.78. The van der Waals surface area contributed by atoms with Crippen molar-refractivity contribution in [2.75, 3.05) is 14.2 Å². The molecule has 2 atom stereocenters. The highest BCUT2D eigenvalue weighted by molar-refractivity contribution is 7.90. The van der Waals surface area contributed by atoms with Crippen molar-refractivity contribution in [3.8, 4) is 11.1 Å². The number of carbonyl (C=O) groups excluding carboxylic acids is 2. The van der Waals surface area contributed by atoms with E-state index in [4.69, 9.17) is 26.2 Å². The number of ether oxygens (including phenoxy) is 2. The predicted molar refractivity (Wildman–Crippen MR) is 144 cm³/mol. The molecular formula is C26H33ClN4O5S. The first-order valence-electron chi connectivity index (χ1n) is 12.1. The molecule has 0 amide bonds. The van der Waals surface area contributed by atoms with Gasteiger partial charge in [0.25, 0.3) is 0 Å². The quantitative estimate of drug-likeness (QED) is 0.344. The van der Waals surface area contributed by atoms with Gasteiger partial charge in [0.2, 0.25) is 0 Å². The lowest BCUT2D eigenvalue weighted by molar-refractivity contribution is -0.140. The molecular weight excluding hydrogens is 516 g/mol. The molecule has 2 aromatic heterocycles. The van der Waals surface area contributed by atoms with Crippen LogP contribution in [0, 0.1) is 6.92 Å². The van der Waals surface area contributed by atoms with E-state index in [9.17, 15) is 14.1 Å². The number of nitrogens with zero attached hydrogens (tertiary/aromatic N) is 3. The first-order valence-corrected chi connectivity index (χ1v) is 13.6. The number of esters is 2. The average Bonchev–Trinajstić information content (AvgIpc) is 3.46. The number of halogens is 1. The van der Waals surface area contributed by atoms with Crippen molar-refractivity contribution in [2.24, 2.45) is 7.05 Å². The fraction of sp³-hybridized carbons (Fsp3) is 0.500. The molecule has 200 valence electrons. The largest absolute Gasteiger partial charge is 0.598 e. The van der Waals surface area contributed by atoms with E-state index in [1.54, 1.807) is 17.7 Å². The Balaban J connectivity index is 1.95. The monoisotopic (exact) mass is 548 g/mol. The first-order chi connectivity index (χ1) is 17.4. The van der Waals surface area contributed by atoms with Gasteiger partial charge in [-0.15, -0.1) is 4.72 Å². The molecule has 1 aromatic carbocycles. The van der Waals surface area contributed by atoms with Gasteiger partial charge in [0.15, 0.2) is 0 Å². The summed E-state index contributed by atoms with van der Waals surface area (Å²) in [6.45, 7) is 8.41. The van der Waals surface area contributed by atoms with E-state index in [1.165, 1.54) is 14.2 Å². The summed E-state index contributed by atoms with van der Waals surface area (Å²) in [5, 5.41) is 6.08. The minimum atomic E-state index is -1.28. The van der Waals surface area contributed by atoms with Crippen LogP contribution < -0.4 is 4.72 Å². The molecule has 9 nitrogen and oxygen atoms in total. The zero-order valence-electron chi connectivity index (χ0n) is 22.2. The third kappa shape index (κ3) is 4.87. The number of methoxy groups -OCH3 is 2. The van der Waals surface area contributed by atoms with Gasteiger partial charge in [0.05, 0.1) is 42.2 Å². The van der Waals surface area contributed by atoms with Gasteiger partial charge in [-0.3, -0.25) is 9.48 Å². The number of fused-ring (bicyclic) bond motifs is 2. The van der Waals surface area contributed by atoms with Crippen LogP contribution in [-0.2, 0) is 45.6 Å². The van der Waals surface area contributed by atoms with E-state index < -0.39 is 22.1 Å². The van der Waals surface area contributed by atoms with Crippen molar-refractivity contribution < 1.29 is 23.6 Å². The molecule has 4 rings (SSSR count). The maximum absolute atomic E-state index is 13.0. The summed E-state index contributed by atoms with van der Waals surface area (Å²) in [6.07, 6.45) is 1.16. The number of nitrogens with one attached hydrogen (secondary N) is 1. The molecule has 3 heterocycles. The highest BCUT2D eigenvalue weighted by atomic mass is 35.5. The Bertz CT molecular complexity index is 1370. The lowest BCUT2D eigenvalue weighted by Gasteiger charge is -2.26. The number of hydrogen-bond donors (Lipinski definition) is 1. The van der Waals surface area contributed by atoms with Crippen LogP contribution in [-0.4, -0.2) is 49.8 Å². The number of rotatable bonds is 7. The molecule has 0 aliphatic carbocycles. The van der Waals surface area contributed by atoms with E-state index in [0.717, 1.165) is 39.8 Å². The third-order valence-corrected chi connectivity index (χ3v) is 8.70. The van der Waals surface area contributed by atoms with E-state index in [0.29, 0.717) is 29.2 Å². The van der Waals surface area contributed by atoms with Gasteiger partial charge in [-0.05, 0) is 52.2 Å². The summed E-state index contributed by atoms with van der Waals surface area (Å²) < 4.78 is 29.5. The van der Waals surface area contributed by atoms with Crippen molar-refractivity contribution >= 4 is 45.8 Å². The summed E-state index contributed by atoms with van der Waals surface area (Å²) in [6, 6.07) is 3.49. The normalized spacial score (nSPS) is 16.2. The Kier molecular flexibility index (Phi) is 7.67. The Labute approximate surface area is 224 Å². The smallest absolute Gasteiger partial charge is 0.354 e. The van der Waals surface area contributed by atoms with Crippen molar-refractivity contribution in [1.29, 1.82) is 0 Å². The maximum atomic E-state index is 13.0. The lowest BCUT2D eigenvalue weighted by Crippen LogP contribution is -2.40. The molecule has 0 spiro atoms. The van der Waals surface area contributed by atoms with Crippen LogP contribution in [0.25, 0.3) is 22.0 Å². The molecule has 1 N–H and O–H groups in total. The van der Waals surface area contributed by atoms with Gasteiger partial charge in [-0.2, -0.15) is 5.10 Å². The van der Waals surface area contributed by atoms with Crippen molar-refractivity contribution in [3.05, 3.63) is 39.8 Å². The molecule has 1 aliphatic rings. The van der Waals surface area contributed by atoms with Gasteiger partial charge in [-0.25, -0.2) is 4.79 Å². The molecule has 11 heteroatoms. The Morgan fingerprint density at radius 1 is 1.24 bits per heavy atom. The molecule has 0 radical (unpaired) electrons. The van der Waals surface area contributed by atoms with Crippen LogP contribution in [0.1, 0.15) is 67.1 Å². The number of carbonyl (C=O) groups is 2. The zero-order valence-corrected chi connectivity index (χ0v) is 23.8. The Morgan fingerprint density at radius 2 is 1.95 bits per heavy atom. The SMILES string of the molecule is COC(=O)CCc1c(C(=O)OC)n(C)c2c(-c3c(C)nn4c3[C@H](N[S+]([O-])C(C)(C)C)CC4)c(Cl)ccc12. The van der Waals surface area contributed by atoms with Crippen LogP contribution in [0.3, 0.4) is 0 Å². The van der Waals surface area contributed by atoms with Gasteiger partial charge in [-0.1, -0.05) is 17.7 Å². The van der Waals surface area contributed by atoms with E-state index in [-0.39, 0.29) is 18.4 Å². The van der Waals surface area contributed by atoms with E-state index in [2.05, 4.69) is 4.72 Å². The number of hydrogen-bond acceptors (Lipinski definition) is 7. The Morgan fingerprint density at radius 3 is 2.57 bits per heavy atom. The Hall–Kier alpha value is -2.53. The summed E-state index contributed by atoms with van der Waals surface area (Å²) in [7, 11) is 4.46. The van der Waals surface area contributed by atoms with Gasteiger partial charge in [0.1, 0.15) is 10.4 Å². The summed E-state index contributed by atoms with van der Waals surface area (Å²) in [5.41, 5.74) is 5.09. The molecule has 37 heavy (non-hydrogen) atoms. The second-order valence-electron chi connectivity index (χ2n) is 10.2. The maximum Gasteiger partial charge on any atom is 0.354 e. The van der Waals surface area contributed by atoms with Crippen LogP contribution >= 0.6 is 11.6 Å². The molecule has 1 aliphatic heterocycles. The fourth-order valence-corrected chi connectivity index (χ4v) is 6.11. The van der Waals surface area contributed by atoms with E-state index in [1.807, 2.05) is 38.4 Å². The number of aryl methyl sites for hydroxylation is 4. The molecule has 0 saturated heterocycles. The minimum absolute atomic E-state index is 0.115. The standard InChI is InChI=1S/C26H33ClN4O5S/c1-14-20(24-18(12-13-31(24)28-14)29-37(34)26(2,3)4)21-17(27)10-8-15-16(9-11-19(32)35-6)23(25(33)36-7)30(5)22(15)21/h8,10,18,29H,9,11-13H2,1-7H3/t18-,37?/m1/s1. The highest BCUT2D eigenvalue weighted by Crippen LogP contribution is 2.45. The summed E-state index contributed by atoms with van der Waals surface area (Å²) >= 11 is 5.59. The number of benzene rings is 1. The minimum Gasteiger partial charge on any atom is -0.598 e. The first kappa shape index (κ1) is 27.5. The molecule has 0 saturated carbocycles. The molecule has 0 fully saturated rings. The lowest BCUT2D eigenvalue weighted by atomic mass is 9.96. The van der Waals surface area contributed by atoms with Crippen LogP contribution in [0.15, 0.2) is 12.1 Å². The van der Waals surface area contributed by atoms with Crippen molar-refractivity contribution in [2.45, 2.75) is 64.3 Å². The fourth-order valence-electron chi connectivity index (χ4n) is 5.02. The number of aromatic nitrogens is 3. The van der Waals surface area contributed by atoms with Crippen molar-refractivity contribution in [3.63, 3.8) is 0 Å². The highest BCUT2D eigenvalue weighted by Gasteiger charge is 2.37.